The molecule has 1 aliphatic carbocycles. The van der Waals surface area contributed by atoms with Gasteiger partial charge >= 0.3 is 0 Å². The van der Waals surface area contributed by atoms with Gasteiger partial charge in [-0.1, -0.05) is 48.7 Å². The summed E-state index contributed by atoms with van der Waals surface area (Å²) in [5.41, 5.74) is 1.29. The minimum Gasteiger partial charge on any atom is -0.450 e. The fourth-order valence-corrected chi connectivity index (χ4v) is 3.77. The van der Waals surface area contributed by atoms with E-state index in [2.05, 4.69) is 17.4 Å². The number of aryl methyl sites for hydroxylation is 1. The van der Waals surface area contributed by atoms with Crippen molar-refractivity contribution in [3.8, 4) is 6.07 Å². The third-order valence-electron chi connectivity index (χ3n) is 4.43. The van der Waals surface area contributed by atoms with Crippen LogP contribution in [0.1, 0.15) is 43.4 Å². The summed E-state index contributed by atoms with van der Waals surface area (Å²) in [6, 6.07) is 14.0. The van der Waals surface area contributed by atoms with E-state index in [1.165, 1.54) is 29.8 Å². The molecule has 1 amide bonds. The van der Waals surface area contributed by atoms with E-state index in [4.69, 9.17) is 4.42 Å². The predicted molar refractivity (Wildman–Crippen MR) is 103 cm³/mol. The molecule has 2 aromatic rings. The molecule has 0 bridgehead atoms. The van der Waals surface area contributed by atoms with Gasteiger partial charge in [-0.15, -0.1) is 0 Å². The van der Waals surface area contributed by atoms with E-state index in [0.29, 0.717) is 5.76 Å². The molecule has 1 aliphatic rings. The van der Waals surface area contributed by atoms with Crippen LogP contribution in [0, 0.1) is 18.3 Å². The number of carbonyl (C=O) groups is 1. The molecule has 26 heavy (non-hydrogen) atoms. The van der Waals surface area contributed by atoms with Gasteiger partial charge in [-0.3, -0.25) is 4.79 Å². The zero-order valence-corrected chi connectivity index (χ0v) is 15.6. The molecule has 3 rings (SSSR count). The minimum atomic E-state index is -0.316. The molecule has 1 N–H and O–H groups in total. The van der Waals surface area contributed by atoms with Gasteiger partial charge in [0.15, 0.2) is 5.09 Å². The minimum absolute atomic E-state index is 0.0804. The Morgan fingerprint density at radius 3 is 2.62 bits per heavy atom. The lowest BCUT2D eigenvalue weighted by atomic mass is 9.95. The van der Waals surface area contributed by atoms with Crippen molar-refractivity contribution >= 4 is 23.7 Å². The largest absolute Gasteiger partial charge is 0.450 e. The smallest absolute Gasteiger partial charge is 0.262 e. The van der Waals surface area contributed by atoms with Gasteiger partial charge < -0.3 is 9.73 Å². The number of nitrogens with zero attached hydrogens (tertiary/aromatic N) is 1. The zero-order valence-electron chi connectivity index (χ0n) is 14.8. The number of amides is 1. The molecule has 5 heteroatoms. The highest BCUT2D eigenvalue weighted by molar-refractivity contribution is 7.99. The van der Waals surface area contributed by atoms with Crippen molar-refractivity contribution in [1.29, 1.82) is 5.26 Å². The third kappa shape index (κ3) is 5.03. The van der Waals surface area contributed by atoms with Crippen molar-refractivity contribution in [2.75, 3.05) is 0 Å². The van der Waals surface area contributed by atoms with Crippen LogP contribution in [0.25, 0.3) is 6.08 Å². The molecule has 0 radical (unpaired) electrons. The second-order valence-corrected chi connectivity index (χ2v) is 7.63. The summed E-state index contributed by atoms with van der Waals surface area (Å²) in [6.07, 6.45) is 6.98. The first-order valence-electron chi connectivity index (χ1n) is 8.91. The van der Waals surface area contributed by atoms with E-state index in [-0.39, 0.29) is 17.5 Å². The maximum Gasteiger partial charge on any atom is 0.262 e. The van der Waals surface area contributed by atoms with E-state index in [9.17, 15) is 10.1 Å². The van der Waals surface area contributed by atoms with Gasteiger partial charge in [0.1, 0.15) is 17.4 Å². The standard InChI is InChI=1S/C21H22N2O2S/c1-15-7-10-19(11-8-15)26-20-12-9-18(25-20)13-16(14-22)21(24)23-17-5-3-2-4-6-17/h7-13,17H,2-6H2,1H3,(H,23,24). The number of nitrogens with one attached hydrogen (secondary N) is 1. The molecule has 4 nitrogen and oxygen atoms in total. The number of hydrogen-bond acceptors (Lipinski definition) is 4. The summed E-state index contributed by atoms with van der Waals surface area (Å²) in [5, 5.41) is 13.0. The van der Waals surface area contributed by atoms with Gasteiger partial charge in [-0.2, -0.15) is 5.26 Å². The third-order valence-corrected chi connectivity index (χ3v) is 5.36. The highest BCUT2D eigenvalue weighted by Crippen LogP contribution is 2.30. The highest BCUT2D eigenvalue weighted by atomic mass is 32.2. The molecular weight excluding hydrogens is 344 g/mol. The van der Waals surface area contributed by atoms with Crippen molar-refractivity contribution in [2.24, 2.45) is 0 Å². The van der Waals surface area contributed by atoms with E-state index < -0.39 is 0 Å². The number of nitriles is 1. The summed E-state index contributed by atoms with van der Waals surface area (Å²) >= 11 is 1.51. The lowest BCUT2D eigenvalue weighted by Crippen LogP contribution is -2.36. The van der Waals surface area contributed by atoms with Crippen molar-refractivity contribution < 1.29 is 9.21 Å². The van der Waals surface area contributed by atoms with Gasteiger partial charge in [-0.25, -0.2) is 0 Å². The molecule has 0 atom stereocenters. The van der Waals surface area contributed by atoms with Crippen molar-refractivity contribution in [3.05, 3.63) is 53.3 Å². The fraction of sp³-hybridized carbons (Fsp3) is 0.333. The van der Waals surface area contributed by atoms with Crippen molar-refractivity contribution in [3.63, 3.8) is 0 Å². The molecule has 0 spiro atoms. The summed E-state index contributed by atoms with van der Waals surface area (Å²) in [7, 11) is 0. The lowest BCUT2D eigenvalue weighted by molar-refractivity contribution is -0.117. The molecule has 0 saturated heterocycles. The van der Waals surface area contributed by atoms with Crippen LogP contribution in [-0.4, -0.2) is 11.9 Å². The van der Waals surface area contributed by atoms with Gasteiger partial charge in [0.05, 0.1) is 0 Å². The fourth-order valence-electron chi connectivity index (χ4n) is 2.99. The van der Waals surface area contributed by atoms with Gasteiger partial charge in [0.25, 0.3) is 5.91 Å². The zero-order chi connectivity index (χ0) is 18.4. The maximum atomic E-state index is 12.3. The Labute approximate surface area is 158 Å². The molecule has 1 aromatic heterocycles. The quantitative estimate of drug-likeness (QED) is 0.591. The second kappa shape index (κ2) is 8.77. The van der Waals surface area contributed by atoms with Gasteiger partial charge in [0, 0.05) is 17.0 Å². The summed E-state index contributed by atoms with van der Waals surface area (Å²) in [5.74, 6) is 0.193. The highest BCUT2D eigenvalue weighted by Gasteiger charge is 2.18. The molecule has 0 aliphatic heterocycles. The Bertz CT molecular complexity index is 824. The number of hydrogen-bond donors (Lipinski definition) is 1. The molecule has 1 fully saturated rings. The van der Waals surface area contributed by atoms with E-state index in [1.807, 2.05) is 31.2 Å². The maximum absolute atomic E-state index is 12.3. The van der Waals surface area contributed by atoms with Gasteiger partial charge in [0.2, 0.25) is 0 Å². The van der Waals surface area contributed by atoms with E-state index >= 15 is 0 Å². The SMILES string of the molecule is Cc1ccc(Sc2ccc(C=C(C#N)C(=O)NC3CCCCC3)o2)cc1. The Morgan fingerprint density at radius 1 is 1.19 bits per heavy atom. The molecule has 1 aromatic carbocycles. The van der Waals surface area contributed by atoms with Crippen LogP contribution in [0.2, 0.25) is 0 Å². The average molecular weight is 366 g/mol. The van der Waals surface area contributed by atoms with Crippen LogP contribution in [0.15, 0.2) is 56.4 Å². The number of benzene rings is 1. The monoisotopic (exact) mass is 366 g/mol. The van der Waals surface area contributed by atoms with Gasteiger partial charge in [-0.05, 0) is 44.0 Å². The number of furan rings is 1. The lowest BCUT2D eigenvalue weighted by Gasteiger charge is -2.22. The van der Waals surface area contributed by atoms with Crippen LogP contribution in [0.3, 0.4) is 0 Å². The second-order valence-electron chi connectivity index (χ2n) is 6.55. The van der Waals surface area contributed by atoms with E-state index in [1.54, 1.807) is 6.07 Å². The van der Waals surface area contributed by atoms with E-state index in [0.717, 1.165) is 35.7 Å². The average Bonchev–Trinajstić information content (AvgIpc) is 3.09. The molecule has 1 heterocycles. The number of carbonyl (C=O) groups excluding carboxylic acids is 1. The summed E-state index contributed by atoms with van der Waals surface area (Å²) in [4.78, 5) is 13.4. The molecule has 134 valence electrons. The van der Waals surface area contributed by atoms with Crippen molar-refractivity contribution in [1.82, 2.24) is 5.32 Å². The van der Waals surface area contributed by atoms with Crippen LogP contribution in [0.5, 0.6) is 0 Å². The molecular formula is C21H22N2O2S. The van der Waals surface area contributed by atoms with Crippen LogP contribution in [-0.2, 0) is 4.79 Å². The normalized spacial score (nSPS) is 15.5. The first-order chi connectivity index (χ1) is 12.6. The Hall–Kier alpha value is -2.45. The Kier molecular flexibility index (Phi) is 6.19. The molecule has 1 saturated carbocycles. The van der Waals surface area contributed by atoms with Crippen LogP contribution < -0.4 is 5.32 Å². The first-order valence-corrected chi connectivity index (χ1v) is 9.73. The van der Waals surface area contributed by atoms with Crippen LogP contribution >= 0.6 is 11.8 Å². The summed E-state index contributed by atoms with van der Waals surface area (Å²) in [6.45, 7) is 2.05. The Morgan fingerprint density at radius 2 is 1.92 bits per heavy atom. The van der Waals surface area contributed by atoms with Crippen molar-refractivity contribution in [2.45, 2.75) is 55.1 Å². The Balaban J connectivity index is 1.65. The topological polar surface area (TPSA) is 66.0 Å². The first kappa shape index (κ1) is 18.3. The summed E-state index contributed by atoms with van der Waals surface area (Å²) < 4.78 is 5.75. The molecule has 0 unspecified atom stereocenters. The van der Waals surface area contributed by atoms with Crippen LogP contribution in [0.4, 0.5) is 0 Å². The predicted octanol–water partition coefficient (Wildman–Crippen LogP) is 5.10. The number of rotatable bonds is 5.